The number of ether oxygens (including phenoxy) is 1. The van der Waals surface area contributed by atoms with Gasteiger partial charge in [0.25, 0.3) is 0 Å². The van der Waals surface area contributed by atoms with Crippen LogP contribution in [0.15, 0.2) is 42.5 Å². The molecule has 2 aromatic carbocycles. The van der Waals surface area contributed by atoms with Crippen molar-refractivity contribution in [2.24, 2.45) is 17.3 Å². The molecule has 2 fully saturated rings. The Balaban J connectivity index is 1.30. The minimum Gasteiger partial charge on any atom is -0.427 e. The molecule has 2 aromatic rings. The summed E-state index contributed by atoms with van der Waals surface area (Å²) in [6.07, 6.45) is 25.0. The highest BCUT2D eigenvalue weighted by molar-refractivity contribution is 5.73. The number of carbonyl (C=O) groups excluding carboxylic acids is 1. The Morgan fingerprint density at radius 1 is 0.810 bits per heavy atom. The van der Waals surface area contributed by atoms with E-state index in [1.807, 2.05) is 12.1 Å². The second-order valence-electron chi connectivity index (χ2n) is 14.0. The maximum Gasteiger partial charge on any atom is 0.311 e. The lowest BCUT2D eigenvalue weighted by atomic mass is 9.58. The standard InChI is InChI=1S/C40H60O2/c1-5-7-9-10-12-16-39(41)42-37-24-19-34(20-25-37)35-21-26-38(31(3)30-35)32(4)33-17-22-36(23-18-33)40(27-13-8-6-2)28-14-11-15-29-40/h19-21,24-26,30,32-33,36H,5-18,22-23,27-29H2,1-4H3. The van der Waals surface area contributed by atoms with E-state index in [1.54, 1.807) is 0 Å². The first-order valence-corrected chi connectivity index (χ1v) is 17.9. The van der Waals surface area contributed by atoms with E-state index in [0.717, 1.165) is 24.7 Å². The third-order valence-electron chi connectivity index (χ3n) is 11.1. The fourth-order valence-corrected chi connectivity index (χ4v) is 8.47. The van der Waals surface area contributed by atoms with Crippen LogP contribution in [-0.2, 0) is 4.79 Å². The van der Waals surface area contributed by atoms with E-state index in [2.05, 4.69) is 58.0 Å². The van der Waals surface area contributed by atoms with E-state index >= 15 is 0 Å². The molecule has 0 aliphatic heterocycles. The SMILES string of the molecule is CCCCCCCC(=O)Oc1ccc(-c2ccc(C(C)C3CCC(C4(CCCCC)CCCCC4)CC3)c(C)c2)cc1. The predicted octanol–water partition coefficient (Wildman–Crippen LogP) is 12.4. The number of hydrogen-bond donors (Lipinski definition) is 0. The van der Waals surface area contributed by atoms with E-state index in [4.69, 9.17) is 4.74 Å². The Bertz CT molecular complexity index is 1070. The zero-order valence-electron chi connectivity index (χ0n) is 27.5. The first kappa shape index (κ1) is 32.8. The van der Waals surface area contributed by atoms with Crippen molar-refractivity contribution in [2.45, 2.75) is 156 Å². The van der Waals surface area contributed by atoms with Crippen molar-refractivity contribution in [1.29, 1.82) is 0 Å². The Morgan fingerprint density at radius 2 is 1.45 bits per heavy atom. The van der Waals surface area contributed by atoms with Crippen LogP contribution in [0.5, 0.6) is 5.75 Å². The lowest BCUT2D eigenvalue weighted by molar-refractivity contribution is -0.134. The van der Waals surface area contributed by atoms with Crippen LogP contribution in [-0.4, -0.2) is 5.97 Å². The molecule has 2 aliphatic rings. The molecule has 0 saturated heterocycles. The molecule has 0 amide bonds. The van der Waals surface area contributed by atoms with Crippen molar-refractivity contribution >= 4 is 5.97 Å². The van der Waals surface area contributed by atoms with Crippen LogP contribution < -0.4 is 4.74 Å². The van der Waals surface area contributed by atoms with Crippen LogP contribution >= 0.6 is 0 Å². The Hall–Kier alpha value is -2.09. The molecule has 0 aromatic heterocycles. The molecule has 0 bridgehead atoms. The van der Waals surface area contributed by atoms with Crippen molar-refractivity contribution in [3.05, 3.63) is 53.6 Å². The molecule has 0 spiro atoms. The van der Waals surface area contributed by atoms with Gasteiger partial charge in [0.05, 0.1) is 0 Å². The molecule has 4 rings (SSSR count). The van der Waals surface area contributed by atoms with Gasteiger partial charge in [0, 0.05) is 6.42 Å². The molecule has 2 aliphatic carbocycles. The first-order valence-electron chi connectivity index (χ1n) is 17.9. The topological polar surface area (TPSA) is 26.3 Å². The fourth-order valence-electron chi connectivity index (χ4n) is 8.47. The van der Waals surface area contributed by atoms with Gasteiger partial charge in [-0.05, 0) is 116 Å². The van der Waals surface area contributed by atoms with Crippen molar-refractivity contribution < 1.29 is 9.53 Å². The Labute approximate surface area is 258 Å². The van der Waals surface area contributed by atoms with E-state index in [1.165, 1.54) is 125 Å². The quantitative estimate of drug-likeness (QED) is 0.120. The smallest absolute Gasteiger partial charge is 0.311 e. The maximum atomic E-state index is 12.2. The third-order valence-corrected chi connectivity index (χ3v) is 11.1. The van der Waals surface area contributed by atoms with Gasteiger partial charge in [-0.1, -0.05) is 115 Å². The number of esters is 1. The molecule has 2 saturated carbocycles. The Kier molecular flexibility index (Phi) is 13.0. The van der Waals surface area contributed by atoms with Gasteiger partial charge in [0.2, 0.25) is 0 Å². The van der Waals surface area contributed by atoms with E-state index in [-0.39, 0.29) is 5.97 Å². The highest BCUT2D eigenvalue weighted by Gasteiger charge is 2.41. The minimum atomic E-state index is -0.118. The van der Waals surface area contributed by atoms with Gasteiger partial charge >= 0.3 is 5.97 Å². The molecule has 0 heterocycles. The summed E-state index contributed by atoms with van der Waals surface area (Å²) in [5.41, 5.74) is 6.03. The summed E-state index contributed by atoms with van der Waals surface area (Å²) in [5.74, 6) is 2.92. The number of benzene rings is 2. The number of aryl methyl sites for hydroxylation is 1. The number of hydrogen-bond acceptors (Lipinski definition) is 2. The summed E-state index contributed by atoms with van der Waals surface area (Å²) in [6, 6.07) is 15.1. The van der Waals surface area contributed by atoms with Crippen molar-refractivity contribution in [1.82, 2.24) is 0 Å². The van der Waals surface area contributed by atoms with Crippen molar-refractivity contribution in [2.75, 3.05) is 0 Å². The number of rotatable bonds is 15. The predicted molar refractivity (Wildman–Crippen MR) is 179 cm³/mol. The first-order chi connectivity index (χ1) is 20.5. The molecule has 2 heteroatoms. The van der Waals surface area contributed by atoms with Gasteiger partial charge in [-0.15, -0.1) is 0 Å². The van der Waals surface area contributed by atoms with Gasteiger partial charge in [-0.25, -0.2) is 0 Å². The lowest BCUT2D eigenvalue weighted by Gasteiger charge is -2.47. The summed E-state index contributed by atoms with van der Waals surface area (Å²) >= 11 is 0. The van der Waals surface area contributed by atoms with Crippen LogP contribution in [0.2, 0.25) is 0 Å². The summed E-state index contributed by atoms with van der Waals surface area (Å²) in [6.45, 7) is 9.34. The average molecular weight is 573 g/mol. The summed E-state index contributed by atoms with van der Waals surface area (Å²) in [7, 11) is 0. The van der Waals surface area contributed by atoms with Gasteiger partial charge in [0.15, 0.2) is 0 Å². The molecule has 1 atom stereocenters. The second-order valence-corrected chi connectivity index (χ2v) is 14.0. The van der Waals surface area contributed by atoms with Crippen LogP contribution in [0, 0.1) is 24.2 Å². The minimum absolute atomic E-state index is 0.118. The van der Waals surface area contributed by atoms with Crippen LogP contribution in [0.3, 0.4) is 0 Å². The summed E-state index contributed by atoms with van der Waals surface area (Å²) in [5, 5.41) is 0. The monoisotopic (exact) mass is 572 g/mol. The second kappa shape index (κ2) is 16.7. The summed E-state index contributed by atoms with van der Waals surface area (Å²) < 4.78 is 5.59. The maximum absolute atomic E-state index is 12.2. The molecule has 0 radical (unpaired) electrons. The van der Waals surface area contributed by atoms with Crippen LogP contribution in [0.25, 0.3) is 11.1 Å². The largest absolute Gasteiger partial charge is 0.427 e. The van der Waals surface area contributed by atoms with E-state index in [0.29, 0.717) is 23.5 Å². The van der Waals surface area contributed by atoms with E-state index < -0.39 is 0 Å². The van der Waals surface area contributed by atoms with Gasteiger partial charge in [0.1, 0.15) is 5.75 Å². The van der Waals surface area contributed by atoms with Crippen molar-refractivity contribution in [3.63, 3.8) is 0 Å². The van der Waals surface area contributed by atoms with Gasteiger partial charge in [-0.3, -0.25) is 4.79 Å². The van der Waals surface area contributed by atoms with Crippen LogP contribution in [0.1, 0.15) is 160 Å². The van der Waals surface area contributed by atoms with Crippen LogP contribution in [0.4, 0.5) is 0 Å². The molecule has 2 nitrogen and oxygen atoms in total. The zero-order chi connectivity index (χ0) is 29.8. The van der Waals surface area contributed by atoms with Gasteiger partial charge in [-0.2, -0.15) is 0 Å². The van der Waals surface area contributed by atoms with E-state index in [9.17, 15) is 4.79 Å². The normalized spacial score (nSPS) is 21.1. The highest BCUT2D eigenvalue weighted by atomic mass is 16.5. The molecule has 42 heavy (non-hydrogen) atoms. The molecule has 1 unspecified atom stereocenters. The number of carbonyl (C=O) groups is 1. The lowest BCUT2D eigenvalue weighted by Crippen LogP contribution is -2.36. The Morgan fingerprint density at radius 3 is 2.12 bits per heavy atom. The molecule has 0 N–H and O–H groups in total. The zero-order valence-corrected chi connectivity index (χ0v) is 27.5. The fraction of sp³-hybridized carbons (Fsp3) is 0.675. The molecular formula is C40H60O2. The molecule has 232 valence electrons. The van der Waals surface area contributed by atoms with Crippen molar-refractivity contribution in [3.8, 4) is 16.9 Å². The third kappa shape index (κ3) is 8.96. The highest BCUT2D eigenvalue weighted by Crippen LogP contribution is 2.53. The van der Waals surface area contributed by atoms with Gasteiger partial charge < -0.3 is 4.74 Å². The average Bonchev–Trinajstić information content (AvgIpc) is 3.01. The summed E-state index contributed by atoms with van der Waals surface area (Å²) in [4.78, 5) is 12.2. The molecular weight excluding hydrogens is 512 g/mol. The number of unbranched alkanes of at least 4 members (excludes halogenated alkanes) is 6.